The number of rotatable bonds is 7. The second-order valence-electron chi connectivity index (χ2n) is 8.32. The van der Waals surface area contributed by atoms with Gasteiger partial charge in [0.15, 0.2) is 6.10 Å². The maximum atomic E-state index is 13.2. The molecule has 1 N–H and O–H groups in total. The minimum atomic E-state index is -0.547. The Morgan fingerprint density at radius 3 is 2.48 bits per heavy atom. The minimum Gasteiger partial charge on any atom is -0.487 e. The number of amides is 1. The van der Waals surface area contributed by atoms with Gasteiger partial charge in [-0.1, -0.05) is 69.3 Å². The molecule has 0 unspecified atom stereocenters. The van der Waals surface area contributed by atoms with Crippen molar-refractivity contribution in [2.75, 3.05) is 0 Å². The van der Waals surface area contributed by atoms with E-state index >= 15 is 0 Å². The molecule has 1 amide bonds. The van der Waals surface area contributed by atoms with E-state index in [0.717, 1.165) is 41.3 Å². The lowest BCUT2D eigenvalue weighted by molar-refractivity contribution is -0.129. The normalized spacial score (nSPS) is 18.0. The second kappa shape index (κ2) is 9.01. The molecule has 3 aromatic rings. The number of nitrogens with one attached hydrogen (secondary N) is 1. The van der Waals surface area contributed by atoms with Crippen molar-refractivity contribution >= 4 is 16.7 Å². The highest BCUT2D eigenvalue weighted by molar-refractivity contribution is 5.84. The van der Waals surface area contributed by atoms with E-state index < -0.39 is 6.10 Å². The summed E-state index contributed by atoms with van der Waals surface area (Å²) in [4.78, 5) is 13.2. The van der Waals surface area contributed by atoms with Crippen molar-refractivity contribution in [2.24, 2.45) is 0 Å². The molecule has 0 bridgehead atoms. The molecule has 162 valence electrons. The molecule has 1 heterocycles. The van der Waals surface area contributed by atoms with Crippen LogP contribution in [0.3, 0.4) is 0 Å². The van der Waals surface area contributed by atoms with Crippen molar-refractivity contribution < 1.29 is 14.3 Å². The third-order valence-corrected chi connectivity index (χ3v) is 6.46. The van der Waals surface area contributed by atoms with Gasteiger partial charge in [0.2, 0.25) is 0 Å². The highest BCUT2D eigenvalue weighted by atomic mass is 16.5. The quantitative estimate of drug-likeness (QED) is 0.498. The van der Waals surface area contributed by atoms with Gasteiger partial charge in [-0.3, -0.25) is 4.79 Å². The van der Waals surface area contributed by atoms with Crippen LogP contribution in [0.15, 0.2) is 66.7 Å². The van der Waals surface area contributed by atoms with E-state index in [-0.39, 0.29) is 17.6 Å². The summed E-state index contributed by atoms with van der Waals surface area (Å²) < 4.78 is 12.5. The Balaban J connectivity index is 1.53. The highest BCUT2D eigenvalue weighted by Gasteiger charge is 2.39. The average Bonchev–Trinajstić information content (AvgIpc) is 2.82. The predicted octanol–water partition coefficient (Wildman–Crippen LogP) is 6.20. The number of ether oxygens (including phenoxy) is 2. The van der Waals surface area contributed by atoms with E-state index in [1.807, 2.05) is 61.5 Å². The summed E-state index contributed by atoms with van der Waals surface area (Å²) in [6.07, 6.45) is 2.60. The van der Waals surface area contributed by atoms with Crippen LogP contribution < -0.4 is 14.8 Å². The van der Waals surface area contributed by atoms with Crippen LogP contribution >= 0.6 is 0 Å². The number of hydrogen-bond donors (Lipinski definition) is 1. The first-order valence-electron chi connectivity index (χ1n) is 11.3. The topological polar surface area (TPSA) is 47.6 Å². The van der Waals surface area contributed by atoms with Crippen LogP contribution in [0.25, 0.3) is 10.8 Å². The first-order valence-corrected chi connectivity index (χ1v) is 11.3. The third kappa shape index (κ3) is 4.39. The van der Waals surface area contributed by atoms with Gasteiger partial charge in [-0.15, -0.1) is 0 Å². The Morgan fingerprint density at radius 2 is 1.74 bits per heavy atom. The Morgan fingerprint density at radius 1 is 1.03 bits per heavy atom. The molecule has 1 aliphatic rings. The molecule has 0 saturated carbocycles. The van der Waals surface area contributed by atoms with E-state index in [9.17, 15) is 4.79 Å². The van der Waals surface area contributed by atoms with Gasteiger partial charge in [-0.2, -0.15) is 0 Å². The molecule has 4 heteroatoms. The van der Waals surface area contributed by atoms with Crippen LogP contribution in [-0.4, -0.2) is 17.6 Å². The van der Waals surface area contributed by atoms with E-state index in [4.69, 9.17) is 9.47 Å². The molecule has 0 fully saturated rings. The summed E-state index contributed by atoms with van der Waals surface area (Å²) in [6.45, 7) is 6.27. The largest absolute Gasteiger partial charge is 0.487 e. The third-order valence-electron chi connectivity index (χ3n) is 6.46. The first-order chi connectivity index (χ1) is 15.1. The predicted molar refractivity (Wildman–Crippen MR) is 125 cm³/mol. The number of carbonyl (C=O) groups is 1. The van der Waals surface area contributed by atoms with Crippen molar-refractivity contribution in [3.63, 3.8) is 0 Å². The fourth-order valence-electron chi connectivity index (χ4n) is 4.42. The summed E-state index contributed by atoms with van der Waals surface area (Å²) in [6, 6.07) is 22.0. The number of fused-ring (bicyclic) bond motifs is 2. The second-order valence-corrected chi connectivity index (χ2v) is 8.32. The summed E-state index contributed by atoms with van der Waals surface area (Å²) >= 11 is 0. The van der Waals surface area contributed by atoms with Crippen molar-refractivity contribution in [1.29, 1.82) is 0 Å². The van der Waals surface area contributed by atoms with Gasteiger partial charge in [-0.25, -0.2) is 0 Å². The van der Waals surface area contributed by atoms with Crippen LogP contribution in [0.2, 0.25) is 0 Å². The van der Waals surface area contributed by atoms with E-state index in [1.54, 1.807) is 0 Å². The van der Waals surface area contributed by atoms with Gasteiger partial charge in [0.1, 0.15) is 17.1 Å². The van der Waals surface area contributed by atoms with Crippen LogP contribution in [0.5, 0.6) is 11.5 Å². The molecule has 0 saturated heterocycles. The summed E-state index contributed by atoms with van der Waals surface area (Å²) in [5.74, 6) is 1.49. The summed E-state index contributed by atoms with van der Waals surface area (Å²) in [5, 5.41) is 5.52. The molecule has 3 aromatic carbocycles. The Hall–Kier alpha value is -3.01. The van der Waals surface area contributed by atoms with Gasteiger partial charge < -0.3 is 14.8 Å². The van der Waals surface area contributed by atoms with E-state index in [2.05, 4.69) is 31.3 Å². The lowest BCUT2D eigenvalue weighted by atomic mass is 9.83. The fraction of sp³-hybridized carbons (Fsp3) is 0.370. The van der Waals surface area contributed by atoms with Crippen LogP contribution in [0, 0.1) is 0 Å². The van der Waals surface area contributed by atoms with E-state index in [1.165, 1.54) is 0 Å². The molecule has 4 rings (SSSR count). The zero-order valence-electron chi connectivity index (χ0n) is 18.6. The molecule has 0 aliphatic carbocycles. The standard InChI is InChI=1S/C27H31NO3/c1-4-24(30-21-16-15-19-11-7-8-12-20(19)17-21)26(29)28-23-18-27(5-2,6-3)31-25-14-10-9-13-22(23)25/h7-17,23-24H,4-6,18H2,1-3H3,(H,28,29)/t23-,24-/m1/s1. The van der Waals surface area contributed by atoms with Gasteiger partial charge in [-0.05, 0) is 48.2 Å². The zero-order chi connectivity index (χ0) is 21.8. The van der Waals surface area contributed by atoms with Gasteiger partial charge in [0.25, 0.3) is 5.91 Å². The lowest BCUT2D eigenvalue weighted by Crippen LogP contribution is -2.47. The molecule has 0 spiro atoms. The lowest BCUT2D eigenvalue weighted by Gasteiger charge is -2.42. The molecule has 0 aromatic heterocycles. The smallest absolute Gasteiger partial charge is 0.261 e. The van der Waals surface area contributed by atoms with Crippen LogP contribution in [0.4, 0.5) is 0 Å². The van der Waals surface area contributed by atoms with Crippen molar-refractivity contribution in [1.82, 2.24) is 5.32 Å². The maximum absolute atomic E-state index is 13.2. The molecule has 1 aliphatic heterocycles. The van der Waals surface area contributed by atoms with Crippen molar-refractivity contribution in [3.8, 4) is 11.5 Å². The average molecular weight is 418 g/mol. The van der Waals surface area contributed by atoms with Crippen LogP contribution in [0.1, 0.15) is 58.1 Å². The molecule has 31 heavy (non-hydrogen) atoms. The number of benzene rings is 3. The zero-order valence-corrected chi connectivity index (χ0v) is 18.6. The van der Waals surface area contributed by atoms with Crippen LogP contribution in [-0.2, 0) is 4.79 Å². The van der Waals surface area contributed by atoms with E-state index in [0.29, 0.717) is 12.2 Å². The van der Waals surface area contributed by atoms with Gasteiger partial charge in [0, 0.05) is 12.0 Å². The number of para-hydroxylation sites is 1. The molecule has 4 nitrogen and oxygen atoms in total. The maximum Gasteiger partial charge on any atom is 0.261 e. The number of carbonyl (C=O) groups excluding carboxylic acids is 1. The molecular weight excluding hydrogens is 386 g/mol. The summed E-state index contributed by atoms with van der Waals surface area (Å²) in [5.41, 5.74) is 0.779. The number of hydrogen-bond acceptors (Lipinski definition) is 3. The Bertz CT molecular complexity index is 1060. The molecule has 0 radical (unpaired) electrons. The van der Waals surface area contributed by atoms with Gasteiger partial charge >= 0.3 is 0 Å². The van der Waals surface area contributed by atoms with Gasteiger partial charge in [0.05, 0.1) is 6.04 Å². The van der Waals surface area contributed by atoms with Crippen molar-refractivity contribution in [3.05, 3.63) is 72.3 Å². The first kappa shape index (κ1) is 21.2. The monoisotopic (exact) mass is 417 g/mol. The SMILES string of the molecule is CC[C@@H](Oc1ccc2ccccc2c1)C(=O)N[C@@H]1CC(CC)(CC)Oc2ccccc21. The summed E-state index contributed by atoms with van der Waals surface area (Å²) in [7, 11) is 0. The molecular formula is C27H31NO3. The highest BCUT2D eigenvalue weighted by Crippen LogP contribution is 2.42. The fourth-order valence-corrected chi connectivity index (χ4v) is 4.42. The molecule has 2 atom stereocenters. The Kier molecular flexibility index (Phi) is 6.17. The van der Waals surface area contributed by atoms with Crippen molar-refractivity contribution in [2.45, 2.75) is 64.2 Å². The Labute approximate surface area is 184 Å². The minimum absolute atomic E-state index is 0.0848.